The van der Waals surface area contributed by atoms with Gasteiger partial charge in [-0.3, -0.25) is 37.8 Å². The molecule has 26 heteroatoms. The number of esters is 3. The molecule has 0 saturated carbocycles. The minimum absolute atomic E-state index is 0.124. The first-order chi connectivity index (χ1) is 42.0. The summed E-state index contributed by atoms with van der Waals surface area (Å²) in [6.07, 6.45) is 6.05. The van der Waals surface area contributed by atoms with Crippen molar-refractivity contribution in [2.45, 2.75) is 102 Å². The van der Waals surface area contributed by atoms with Crippen molar-refractivity contribution in [3.8, 4) is 22.3 Å². The molecule has 0 spiro atoms. The van der Waals surface area contributed by atoms with E-state index in [1.165, 1.54) is 27.7 Å². The van der Waals surface area contributed by atoms with Crippen LogP contribution in [0.1, 0.15) is 121 Å². The molecule has 0 atom stereocenters. The lowest BCUT2D eigenvalue weighted by Crippen LogP contribution is -2.38. The van der Waals surface area contributed by atoms with Gasteiger partial charge in [-0.05, 0) is 147 Å². The summed E-state index contributed by atoms with van der Waals surface area (Å²) in [5, 5.41) is 1.44. The second-order valence-electron chi connectivity index (χ2n) is 23.9. The number of ketones is 2. The van der Waals surface area contributed by atoms with Crippen LogP contribution in [0.3, 0.4) is 0 Å². The fourth-order valence-corrected chi connectivity index (χ4v) is 11.5. The highest BCUT2D eigenvalue weighted by molar-refractivity contribution is 7.93. The zero-order chi connectivity index (χ0) is 66.6. The number of rotatable bonds is 20. The van der Waals surface area contributed by atoms with Crippen LogP contribution >= 0.6 is 23.2 Å². The van der Waals surface area contributed by atoms with Crippen molar-refractivity contribution in [1.82, 2.24) is 19.1 Å². The number of fused-ring (bicyclic) bond motifs is 2. The highest BCUT2D eigenvalue weighted by Crippen LogP contribution is 2.36. The number of carbonyl (C=O) groups is 5. The second kappa shape index (κ2) is 27.5. The normalized spacial score (nSPS) is 12.1. The van der Waals surface area contributed by atoms with Crippen molar-refractivity contribution in [2.24, 2.45) is 16.2 Å². The topological polar surface area (TPSA) is 232 Å². The number of hydrogen-bond acceptors (Lipinski definition) is 14. The maximum absolute atomic E-state index is 16.4. The van der Waals surface area contributed by atoms with Gasteiger partial charge in [0.1, 0.15) is 22.9 Å². The Hall–Kier alpha value is -8.19. The molecule has 90 heavy (non-hydrogen) atoms. The van der Waals surface area contributed by atoms with Crippen LogP contribution in [0.15, 0.2) is 110 Å². The molecule has 0 aliphatic heterocycles. The van der Waals surface area contributed by atoms with Crippen molar-refractivity contribution in [1.29, 1.82) is 0 Å². The van der Waals surface area contributed by atoms with Gasteiger partial charge in [0.25, 0.3) is 0 Å². The number of benzene rings is 4. The number of ether oxygens (including phenoxy) is 3. The predicted molar refractivity (Wildman–Crippen MR) is 336 cm³/mol. The van der Waals surface area contributed by atoms with E-state index in [9.17, 15) is 45.2 Å². The van der Waals surface area contributed by atoms with E-state index >= 15 is 13.2 Å². The molecule has 1 N–H and O–H groups in total. The molecule has 4 heterocycles. The van der Waals surface area contributed by atoms with Crippen LogP contribution in [-0.4, -0.2) is 83.6 Å². The van der Waals surface area contributed by atoms with Gasteiger partial charge in [0.05, 0.1) is 61.4 Å². The summed E-state index contributed by atoms with van der Waals surface area (Å²) >= 11 is 12.1. The standard InChI is InChI=1S/C35H38ClF2N3O7S.C29H28ClF2N3O5S/c1-8-15-49(45,46)41(20-48-33(44)35(5,6)7)27-14-13-26(37)28(29(27)38)30(42)25-18-40(19-47-32(43)34(2,3)4)31-24(25)16-22(17-39-31)21-9-11-23(36)12-10-21;1-5-12-41(38,39)34-23-11-10-22(31)24(25(23)32)26(36)21-15-35(16-40-28(37)29(2,3)4)27-20(21)13-18(14-33-27)17-6-8-19(30)9-7-17/h9-14,16-18H,8,15,19-20H2,1-7H3;6-11,13-15,34H,5,12,16H2,1-4H3. The summed E-state index contributed by atoms with van der Waals surface area (Å²) in [5.41, 5.74) is -3.20. The number of anilines is 2. The van der Waals surface area contributed by atoms with Crippen LogP contribution in [0.2, 0.25) is 10.0 Å². The Morgan fingerprint density at radius 2 is 0.944 bits per heavy atom. The van der Waals surface area contributed by atoms with Gasteiger partial charge < -0.3 is 14.2 Å². The first kappa shape index (κ1) is 69.3. The molecule has 0 amide bonds. The Morgan fingerprint density at radius 3 is 1.36 bits per heavy atom. The SMILES string of the molecule is CCCS(=O)(=O)N(COC(=O)C(C)(C)C)c1ccc(F)c(C(=O)c2cn(COC(=O)C(C)(C)C)c3ncc(-c4ccc(Cl)cc4)cc23)c1F.CCCS(=O)(=O)Nc1ccc(F)c(C(=O)c2cn(COC(=O)C(C)(C)C)c3ncc(-c4ccc(Cl)cc4)cc23)c1F. The first-order valence-corrected chi connectivity index (χ1v) is 32.1. The van der Waals surface area contributed by atoms with Crippen LogP contribution in [0.4, 0.5) is 28.9 Å². The molecule has 0 unspecified atom stereocenters. The maximum atomic E-state index is 16.4. The summed E-state index contributed by atoms with van der Waals surface area (Å²) in [5.74, 6) is -9.95. The highest BCUT2D eigenvalue weighted by Gasteiger charge is 2.35. The fraction of sp³-hybridized carbons (Fsp3) is 0.328. The first-order valence-electron chi connectivity index (χ1n) is 28.1. The molecule has 8 aromatic rings. The lowest BCUT2D eigenvalue weighted by molar-refractivity contribution is -0.157. The molecule has 0 radical (unpaired) electrons. The quantitative estimate of drug-likeness (QED) is 0.0246. The van der Waals surface area contributed by atoms with Crippen LogP contribution < -0.4 is 9.03 Å². The van der Waals surface area contributed by atoms with Gasteiger partial charge in [-0.2, -0.15) is 0 Å². The van der Waals surface area contributed by atoms with Crippen molar-refractivity contribution >= 4 is 106 Å². The van der Waals surface area contributed by atoms with Crippen molar-refractivity contribution in [2.75, 3.05) is 27.3 Å². The molecule has 8 rings (SSSR count). The van der Waals surface area contributed by atoms with Crippen molar-refractivity contribution in [3.63, 3.8) is 0 Å². The lowest BCUT2D eigenvalue weighted by Gasteiger charge is -2.26. The Kier molecular flexibility index (Phi) is 21.2. The number of nitrogens with zero attached hydrogens (tertiary/aromatic N) is 5. The number of aromatic nitrogens is 4. The van der Waals surface area contributed by atoms with Gasteiger partial charge >= 0.3 is 17.9 Å². The minimum atomic E-state index is -4.30. The van der Waals surface area contributed by atoms with E-state index in [0.29, 0.717) is 31.0 Å². The molecule has 478 valence electrons. The summed E-state index contributed by atoms with van der Waals surface area (Å²) in [6, 6.07) is 20.3. The summed E-state index contributed by atoms with van der Waals surface area (Å²) in [7, 11) is -8.22. The van der Waals surface area contributed by atoms with Gasteiger partial charge in [-0.25, -0.2) is 48.7 Å². The molecular weight excluding hydrogens is 1260 g/mol. The summed E-state index contributed by atoms with van der Waals surface area (Å²) < 4.78 is 135. The molecule has 18 nitrogen and oxygen atoms in total. The third-order valence-corrected chi connectivity index (χ3v) is 17.4. The van der Waals surface area contributed by atoms with Gasteiger partial charge in [0, 0.05) is 56.7 Å². The van der Waals surface area contributed by atoms with Gasteiger partial charge in [0.2, 0.25) is 31.6 Å². The smallest absolute Gasteiger partial charge is 0.312 e. The summed E-state index contributed by atoms with van der Waals surface area (Å²) in [6.45, 7) is 16.4. The molecular formula is C64H66Cl2F4N6O12S2. The Bertz CT molecular complexity index is 4310. The average molecular weight is 1320 g/mol. The average Bonchev–Trinajstić information content (AvgIpc) is 1.53. The largest absolute Gasteiger partial charge is 0.443 e. The number of nitrogens with one attached hydrogen (secondary N) is 1. The van der Waals surface area contributed by atoms with Crippen LogP contribution in [0.5, 0.6) is 0 Å². The minimum Gasteiger partial charge on any atom is -0.443 e. The number of hydrogen-bond donors (Lipinski definition) is 1. The Morgan fingerprint density at radius 1 is 0.544 bits per heavy atom. The van der Waals surface area contributed by atoms with E-state index in [-0.39, 0.29) is 65.2 Å². The monoisotopic (exact) mass is 1320 g/mol. The predicted octanol–water partition coefficient (Wildman–Crippen LogP) is 14.1. The summed E-state index contributed by atoms with van der Waals surface area (Å²) in [4.78, 5) is 74.3. The van der Waals surface area contributed by atoms with Crippen molar-refractivity contribution < 1.29 is 72.6 Å². The van der Waals surface area contributed by atoms with Gasteiger partial charge in [-0.1, -0.05) is 61.3 Å². The molecule has 0 fully saturated rings. The third kappa shape index (κ3) is 16.0. The van der Waals surface area contributed by atoms with E-state index in [1.54, 1.807) is 143 Å². The Labute approximate surface area is 528 Å². The molecule has 4 aromatic heterocycles. The molecule has 0 bridgehead atoms. The fourth-order valence-electron chi connectivity index (χ4n) is 8.73. The van der Waals surface area contributed by atoms with Gasteiger partial charge in [0.15, 0.2) is 31.8 Å². The molecule has 0 aliphatic carbocycles. The van der Waals surface area contributed by atoms with Crippen LogP contribution in [0, 0.1) is 39.5 Å². The lowest BCUT2D eigenvalue weighted by atomic mass is 9.97. The second-order valence-corrected chi connectivity index (χ2v) is 28.7. The molecule has 4 aromatic carbocycles. The van der Waals surface area contributed by atoms with E-state index in [4.69, 9.17) is 37.4 Å². The van der Waals surface area contributed by atoms with Crippen molar-refractivity contribution in [3.05, 3.63) is 165 Å². The van der Waals surface area contributed by atoms with E-state index in [1.807, 2.05) is 0 Å². The van der Waals surface area contributed by atoms with Crippen LogP contribution in [-0.2, 0) is 62.1 Å². The Balaban J connectivity index is 0.000000260. The highest BCUT2D eigenvalue weighted by atomic mass is 35.5. The maximum Gasteiger partial charge on any atom is 0.312 e. The number of pyridine rings is 2. The van der Waals surface area contributed by atoms with E-state index in [2.05, 4.69) is 14.7 Å². The zero-order valence-corrected chi connectivity index (χ0v) is 54.2. The van der Waals surface area contributed by atoms with E-state index in [0.717, 1.165) is 29.8 Å². The molecule has 0 aliphatic rings. The zero-order valence-electron chi connectivity index (χ0n) is 51.1. The third-order valence-electron chi connectivity index (χ3n) is 13.5. The van der Waals surface area contributed by atoms with E-state index < -0.39 is 124 Å². The molecule has 0 saturated heterocycles. The number of halogens is 6. The number of sulfonamides is 2. The van der Waals surface area contributed by atoms with Crippen LogP contribution in [0.25, 0.3) is 44.3 Å². The van der Waals surface area contributed by atoms with Gasteiger partial charge in [-0.15, -0.1) is 0 Å². The number of carbonyl (C=O) groups excluding carboxylic acids is 5.